The summed E-state index contributed by atoms with van der Waals surface area (Å²) in [5.41, 5.74) is 5.79. The van der Waals surface area contributed by atoms with Crippen molar-refractivity contribution in [3.8, 4) is 0 Å². The minimum atomic E-state index is 0.548. The van der Waals surface area contributed by atoms with Crippen LogP contribution in [0.3, 0.4) is 0 Å². The first-order valence-corrected chi connectivity index (χ1v) is 7.62. The molecule has 0 N–H and O–H groups in total. The van der Waals surface area contributed by atoms with Crippen LogP contribution in [0.1, 0.15) is 88.5 Å². The maximum absolute atomic E-state index is 5.70. The Balaban J connectivity index is 3.37. The van der Waals surface area contributed by atoms with Gasteiger partial charge in [-0.25, -0.2) is 0 Å². The van der Waals surface area contributed by atoms with Crippen molar-refractivity contribution in [2.75, 3.05) is 6.61 Å². The van der Waals surface area contributed by atoms with Gasteiger partial charge in [0.2, 0.25) is 0 Å². The first kappa shape index (κ1) is 16.2. The number of ether oxygens (including phenoxy) is 1. The molecule has 1 aromatic rings. The van der Waals surface area contributed by atoms with Crippen molar-refractivity contribution in [3.63, 3.8) is 0 Å². The van der Waals surface area contributed by atoms with Crippen molar-refractivity contribution in [1.82, 2.24) is 0 Å². The lowest BCUT2D eigenvalue weighted by atomic mass is 9.85. The Labute approximate surface area is 119 Å². The van der Waals surface area contributed by atoms with Crippen LogP contribution in [0.15, 0.2) is 12.1 Å². The molecule has 0 unspecified atom stereocenters. The Bertz CT molecular complexity index is 373. The number of hydrogen-bond acceptors (Lipinski definition) is 1. The first-order chi connectivity index (χ1) is 8.88. The van der Waals surface area contributed by atoms with Gasteiger partial charge in [-0.1, -0.05) is 53.7 Å². The molecule has 19 heavy (non-hydrogen) atoms. The van der Waals surface area contributed by atoms with Gasteiger partial charge in [0.15, 0.2) is 0 Å². The van der Waals surface area contributed by atoms with Gasteiger partial charge in [0, 0.05) is 6.61 Å². The third-order valence-electron chi connectivity index (χ3n) is 3.70. The highest BCUT2D eigenvalue weighted by Gasteiger charge is 2.16. The van der Waals surface area contributed by atoms with E-state index in [1.54, 1.807) is 0 Å². The summed E-state index contributed by atoms with van der Waals surface area (Å²) in [6, 6.07) is 4.77. The minimum absolute atomic E-state index is 0.548. The smallest absolute Gasteiger partial charge is 0.0722 e. The molecule has 0 amide bonds. The van der Waals surface area contributed by atoms with Crippen molar-refractivity contribution >= 4 is 0 Å². The molecule has 1 rings (SSSR count). The summed E-state index contributed by atoms with van der Waals surface area (Å²) in [6.45, 7) is 17.2. The molecule has 0 aliphatic rings. The van der Waals surface area contributed by atoms with Gasteiger partial charge in [-0.15, -0.1) is 0 Å². The fourth-order valence-electron chi connectivity index (χ4n) is 2.48. The molecule has 0 saturated carbocycles. The average Bonchev–Trinajstić information content (AvgIpc) is 2.34. The molecular weight excluding hydrogens is 232 g/mol. The van der Waals surface area contributed by atoms with Crippen molar-refractivity contribution in [2.24, 2.45) is 0 Å². The van der Waals surface area contributed by atoms with Crippen LogP contribution in [0.4, 0.5) is 0 Å². The normalized spacial score (nSPS) is 11.9. The summed E-state index contributed by atoms with van der Waals surface area (Å²) in [4.78, 5) is 0. The summed E-state index contributed by atoms with van der Waals surface area (Å²) in [6.07, 6.45) is 0. The van der Waals surface area contributed by atoms with Crippen LogP contribution in [-0.4, -0.2) is 6.61 Å². The molecule has 0 saturated heterocycles. The van der Waals surface area contributed by atoms with Crippen LogP contribution in [0, 0.1) is 0 Å². The molecule has 1 heteroatoms. The van der Waals surface area contributed by atoms with Gasteiger partial charge in [-0.3, -0.25) is 0 Å². The summed E-state index contributed by atoms with van der Waals surface area (Å²) in [5, 5.41) is 0. The van der Waals surface area contributed by atoms with E-state index in [0.717, 1.165) is 13.2 Å². The maximum Gasteiger partial charge on any atom is 0.0722 e. The highest BCUT2D eigenvalue weighted by Crippen LogP contribution is 2.32. The van der Waals surface area contributed by atoms with Gasteiger partial charge in [0.05, 0.1) is 6.61 Å². The third kappa shape index (κ3) is 4.07. The summed E-state index contributed by atoms with van der Waals surface area (Å²) < 4.78 is 5.70. The van der Waals surface area contributed by atoms with E-state index < -0.39 is 0 Å². The lowest BCUT2D eigenvalue weighted by Crippen LogP contribution is -2.08. The van der Waals surface area contributed by atoms with E-state index in [4.69, 9.17) is 4.74 Å². The van der Waals surface area contributed by atoms with E-state index in [-0.39, 0.29) is 0 Å². The summed E-state index contributed by atoms with van der Waals surface area (Å²) in [5.74, 6) is 1.68. The molecule has 108 valence electrons. The van der Waals surface area contributed by atoms with Crippen LogP contribution in [0.25, 0.3) is 0 Å². The Kier molecular flexibility index (Phi) is 6.06. The van der Waals surface area contributed by atoms with Gasteiger partial charge < -0.3 is 4.74 Å². The first-order valence-electron chi connectivity index (χ1n) is 7.62. The molecule has 1 aromatic carbocycles. The molecular formula is C18H30O. The average molecular weight is 262 g/mol. The highest BCUT2D eigenvalue weighted by molar-refractivity contribution is 5.43. The second-order valence-electron chi connectivity index (χ2n) is 6.28. The largest absolute Gasteiger partial charge is 0.377 e. The van der Waals surface area contributed by atoms with E-state index >= 15 is 0 Å². The molecule has 0 aliphatic carbocycles. The van der Waals surface area contributed by atoms with E-state index in [0.29, 0.717) is 17.8 Å². The molecule has 0 radical (unpaired) electrons. The third-order valence-corrected chi connectivity index (χ3v) is 3.70. The zero-order chi connectivity index (χ0) is 14.6. The molecule has 0 heterocycles. The van der Waals surface area contributed by atoms with Crippen LogP contribution in [-0.2, 0) is 11.3 Å². The SMILES string of the molecule is CCOCc1c(C(C)C)cc(C(C)C)cc1C(C)C. The fraction of sp³-hybridized carbons (Fsp3) is 0.667. The zero-order valence-electron chi connectivity index (χ0n) is 13.7. The predicted molar refractivity (Wildman–Crippen MR) is 84.0 cm³/mol. The van der Waals surface area contributed by atoms with Crippen molar-refractivity contribution in [1.29, 1.82) is 0 Å². The summed E-state index contributed by atoms with van der Waals surface area (Å²) in [7, 11) is 0. The quantitative estimate of drug-likeness (QED) is 0.649. The monoisotopic (exact) mass is 262 g/mol. The van der Waals surface area contributed by atoms with Gasteiger partial charge >= 0.3 is 0 Å². The van der Waals surface area contributed by atoms with Gasteiger partial charge in [0.25, 0.3) is 0 Å². The van der Waals surface area contributed by atoms with Crippen LogP contribution >= 0.6 is 0 Å². The molecule has 0 aromatic heterocycles. The minimum Gasteiger partial charge on any atom is -0.377 e. The standard InChI is InChI=1S/C18H30O/c1-8-19-11-18-16(13(4)5)9-15(12(2)3)10-17(18)14(6)7/h9-10,12-14H,8,11H2,1-7H3. The van der Waals surface area contributed by atoms with Crippen LogP contribution < -0.4 is 0 Å². The predicted octanol–water partition coefficient (Wildman–Crippen LogP) is 5.59. The van der Waals surface area contributed by atoms with Crippen LogP contribution in [0.2, 0.25) is 0 Å². The number of benzene rings is 1. The Morgan fingerprint density at radius 2 is 1.32 bits per heavy atom. The van der Waals surface area contributed by atoms with Crippen molar-refractivity contribution in [3.05, 3.63) is 34.4 Å². The molecule has 0 aliphatic heterocycles. The Morgan fingerprint density at radius 1 is 0.842 bits per heavy atom. The summed E-state index contributed by atoms with van der Waals surface area (Å²) >= 11 is 0. The number of hydrogen-bond donors (Lipinski definition) is 0. The Hall–Kier alpha value is -0.820. The highest BCUT2D eigenvalue weighted by atomic mass is 16.5. The number of rotatable bonds is 6. The van der Waals surface area contributed by atoms with E-state index in [9.17, 15) is 0 Å². The zero-order valence-corrected chi connectivity index (χ0v) is 13.7. The topological polar surface area (TPSA) is 9.23 Å². The molecule has 0 fully saturated rings. The fourth-order valence-corrected chi connectivity index (χ4v) is 2.48. The van der Waals surface area contributed by atoms with E-state index in [2.05, 4.69) is 60.6 Å². The lowest BCUT2D eigenvalue weighted by molar-refractivity contribution is 0.132. The second kappa shape index (κ2) is 7.09. The van der Waals surface area contributed by atoms with Crippen LogP contribution in [0.5, 0.6) is 0 Å². The second-order valence-corrected chi connectivity index (χ2v) is 6.28. The van der Waals surface area contributed by atoms with E-state index in [1.807, 2.05) is 0 Å². The van der Waals surface area contributed by atoms with Crippen molar-refractivity contribution < 1.29 is 4.74 Å². The molecule has 0 bridgehead atoms. The van der Waals surface area contributed by atoms with Crippen molar-refractivity contribution in [2.45, 2.75) is 72.8 Å². The van der Waals surface area contributed by atoms with E-state index in [1.165, 1.54) is 22.3 Å². The van der Waals surface area contributed by atoms with Gasteiger partial charge in [-0.05, 0) is 46.9 Å². The van der Waals surface area contributed by atoms with Gasteiger partial charge in [0.1, 0.15) is 0 Å². The Morgan fingerprint density at radius 3 is 1.63 bits per heavy atom. The molecule has 0 atom stereocenters. The van der Waals surface area contributed by atoms with Gasteiger partial charge in [-0.2, -0.15) is 0 Å². The maximum atomic E-state index is 5.70. The molecule has 0 spiro atoms. The molecule has 1 nitrogen and oxygen atoms in total. The lowest BCUT2D eigenvalue weighted by Gasteiger charge is -2.22.